The molecule has 0 spiro atoms. The molecule has 3 aromatic heterocycles. The summed E-state index contributed by atoms with van der Waals surface area (Å²) in [5.41, 5.74) is 8.64. The number of amides is 1. The Balaban J connectivity index is 1.83. The fourth-order valence-electron chi connectivity index (χ4n) is 3.13. The maximum absolute atomic E-state index is 13.3. The number of hydrogen-bond acceptors (Lipinski definition) is 5. The Bertz CT molecular complexity index is 1200. The SMILES string of the molecule is CC(C)c1cnc(-c2ccc(F)cc2)nc1Nc1ccnc2[nH]cc(C(N)=O)c12. The number of halogens is 1. The number of rotatable bonds is 5. The second kappa shape index (κ2) is 7.31. The van der Waals surface area contributed by atoms with Crippen LogP contribution in [0.2, 0.25) is 0 Å². The number of H-pyrrole nitrogens is 1. The lowest BCUT2D eigenvalue weighted by atomic mass is 10.1. The summed E-state index contributed by atoms with van der Waals surface area (Å²) in [7, 11) is 0. The summed E-state index contributed by atoms with van der Waals surface area (Å²) in [6.45, 7) is 4.07. The van der Waals surface area contributed by atoms with E-state index in [2.05, 4.69) is 25.3 Å². The van der Waals surface area contributed by atoms with Crippen molar-refractivity contribution in [2.75, 3.05) is 5.32 Å². The predicted octanol–water partition coefficient (Wildman–Crippen LogP) is 4.12. The molecule has 8 heteroatoms. The summed E-state index contributed by atoms with van der Waals surface area (Å²) < 4.78 is 13.3. The van der Waals surface area contributed by atoms with E-state index in [1.54, 1.807) is 36.8 Å². The molecule has 4 N–H and O–H groups in total. The molecule has 7 nitrogen and oxygen atoms in total. The zero-order valence-electron chi connectivity index (χ0n) is 15.9. The third kappa shape index (κ3) is 3.52. The third-order valence-electron chi connectivity index (χ3n) is 4.63. The number of nitrogens with two attached hydrogens (primary N) is 1. The number of primary amides is 1. The summed E-state index contributed by atoms with van der Waals surface area (Å²) in [6.07, 6.45) is 4.92. The molecule has 4 aromatic rings. The van der Waals surface area contributed by atoms with Gasteiger partial charge in [0.25, 0.3) is 5.91 Å². The van der Waals surface area contributed by atoms with E-state index in [1.807, 2.05) is 13.8 Å². The van der Waals surface area contributed by atoms with Gasteiger partial charge in [0, 0.05) is 29.7 Å². The number of nitrogens with one attached hydrogen (secondary N) is 2. The smallest absolute Gasteiger partial charge is 0.251 e. The summed E-state index contributed by atoms with van der Waals surface area (Å²) >= 11 is 0. The first-order valence-corrected chi connectivity index (χ1v) is 9.10. The fourth-order valence-corrected chi connectivity index (χ4v) is 3.13. The highest BCUT2D eigenvalue weighted by atomic mass is 19.1. The molecule has 0 aliphatic carbocycles. The van der Waals surface area contributed by atoms with Crippen molar-refractivity contribution in [1.82, 2.24) is 19.9 Å². The lowest BCUT2D eigenvalue weighted by Crippen LogP contribution is -2.11. The monoisotopic (exact) mass is 390 g/mol. The number of nitrogens with zero attached hydrogens (tertiary/aromatic N) is 3. The van der Waals surface area contributed by atoms with Crippen LogP contribution in [0.4, 0.5) is 15.9 Å². The van der Waals surface area contributed by atoms with Crippen LogP contribution < -0.4 is 11.1 Å². The number of fused-ring (bicyclic) bond motifs is 1. The molecule has 1 aromatic carbocycles. The van der Waals surface area contributed by atoms with Gasteiger partial charge in [0.15, 0.2) is 5.82 Å². The Morgan fingerprint density at radius 3 is 2.62 bits per heavy atom. The molecule has 0 unspecified atom stereocenters. The summed E-state index contributed by atoms with van der Waals surface area (Å²) in [6, 6.07) is 7.75. The van der Waals surface area contributed by atoms with E-state index in [9.17, 15) is 9.18 Å². The van der Waals surface area contributed by atoms with Crippen LogP contribution in [0.5, 0.6) is 0 Å². The van der Waals surface area contributed by atoms with Gasteiger partial charge in [-0.25, -0.2) is 19.3 Å². The minimum atomic E-state index is -0.550. The van der Waals surface area contributed by atoms with Crippen LogP contribution in [0.3, 0.4) is 0 Å². The second-order valence-corrected chi connectivity index (χ2v) is 6.93. The van der Waals surface area contributed by atoms with Gasteiger partial charge in [-0.15, -0.1) is 0 Å². The summed E-state index contributed by atoms with van der Waals surface area (Å²) in [5, 5.41) is 3.90. The van der Waals surface area contributed by atoms with Gasteiger partial charge in [-0.1, -0.05) is 13.8 Å². The quantitative estimate of drug-likeness (QED) is 0.475. The summed E-state index contributed by atoms with van der Waals surface area (Å²) in [5.74, 6) is 0.339. The van der Waals surface area contributed by atoms with Crippen molar-refractivity contribution >= 4 is 28.4 Å². The van der Waals surface area contributed by atoms with Crippen molar-refractivity contribution in [3.05, 3.63) is 65.9 Å². The van der Waals surface area contributed by atoms with Gasteiger partial charge < -0.3 is 16.0 Å². The third-order valence-corrected chi connectivity index (χ3v) is 4.63. The molecule has 29 heavy (non-hydrogen) atoms. The number of aromatic nitrogens is 4. The van der Waals surface area contributed by atoms with Crippen LogP contribution in [0, 0.1) is 5.82 Å². The van der Waals surface area contributed by atoms with Gasteiger partial charge in [0.2, 0.25) is 0 Å². The lowest BCUT2D eigenvalue weighted by Gasteiger charge is -2.15. The predicted molar refractivity (Wildman–Crippen MR) is 109 cm³/mol. The van der Waals surface area contributed by atoms with Crippen LogP contribution in [-0.4, -0.2) is 25.8 Å². The Labute approximate surface area is 166 Å². The number of hydrogen-bond donors (Lipinski definition) is 3. The van der Waals surface area contributed by atoms with Gasteiger partial charge in [-0.3, -0.25) is 4.79 Å². The molecule has 0 atom stereocenters. The Morgan fingerprint density at radius 1 is 1.17 bits per heavy atom. The standard InChI is InChI=1S/C21H19FN6O/c1-11(2)14-9-25-19(12-3-5-13(22)6-4-12)28-20(14)27-16-7-8-24-21-17(16)15(10-26-21)18(23)29/h3-11H,1-2H3,(H2,23,29)(H2,24,25,26,27,28). The van der Waals surface area contributed by atoms with Crippen LogP contribution in [-0.2, 0) is 0 Å². The number of benzene rings is 1. The molecule has 0 bridgehead atoms. The van der Waals surface area contributed by atoms with Crippen LogP contribution in [0.25, 0.3) is 22.4 Å². The maximum Gasteiger partial charge on any atom is 0.251 e. The van der Waals surface area contributed by atoms with Crippen molar-refractivity contribution in [2.45, 2.75) is 19.8 Å². The highest BCUT2D eigenvalue weighted by molar-refractivity contribution is 6.10. The highest BCUT2D eigenvalue weighted by Crippen LogP contribution is 2.31. The van der Waals surface area contributed by atoms with Crippen LogP contribution >= 0.6 is 0 Å². The normalized spacial score (nSPS) is 11.2. The molecule has 0 aliphatic heterocycles. The average molecular weight is 390 g/mol. The van der Waals surface area contributed by atoms with Crippen LogP contribution in [0.15, 0.2) is 48.9 Å². The molecule has 0 aliphatic rings. The maximum atomic E-state index is 13.3. The van der Waals surface area contributed by atoms with Crippen molar-refractivity contribution in [3.8, 4) is 11.4 Å². The molecule has 146 valence electrons. The molecular weight excluding hydrogens is 371 g/mol. The van der Waals surface area contributed by atoms with E-state index in [1.165, 1.54) is 12.1 Å². The molecule has 0 saturated heterocycles. The number of aromatic amines is 1. The van der Waals surface area contributed by atoms with Gasteiger partial charge in [-0.2, -0.15) is 0 Å². The van der Waals surface area contributed by atoms with Crippen molar-refractivity contribution < 1.29 is 9.18 Å². The number of anilines is 2. The van der Waals surface area contributed by atoms with E-state index in [4.69, 9.17) is 5.73 Å². The first-order chi connectivity index (χ1) is 13.9. The Kier molecular flexibility index (Phi) is 4.67. The molecular formula is C21H19FN6O. The van der Waals surface area contributed by atoms with E-state index < -0.39 is 5.91 Å². The van der Waals surface area contributed by atoms with Crippen molar-refractivity contribution in [1.29, 1.82) is 0 Å². The van der Waals surface area contributed by atoms with Crippen molar-refractivity contribution in [2.24, 2.45) is 5.73 Å². The number of carbonyl (C=O) groups excluding carboxylic acids is 1. The largest absolute Gasteiger partial charge is 0.366 e. The second-order valence-electron chi connectivity index (χ2n) is 6.93. The van der Waals surface area contributed by atoms with E-state index in [0.717, 1.165) is 5.56 Å². The topological polar surface area (TPSA) is 110 Å². The van der Waals surface area contributed by atoms with Gasteiger partial charge >= 0.3 is 0 Å². The first kappa shape index (κ1) is 18.5. The van der Waals surface area contributed by atoms with Gasteiger partial charge in [-0.05, 0) is 36.2 Å². The lowest BCUT2D eigenvalue weighted by molar-refractivity contribution is 0.100. The summed E-state index contributed by atoms with van der Waals surface area (Å²) in [4.78, 5) is 28.1. The van der Waals surface area contributed by atoms with Gasteiger partial charge in [0.05, 0.1) is 16.6 Å². The number of carbonyl (C=O) groups is 1. The minimum absolute atomic E-state index is 0.152. The van der Waals surface area contributed by atoms with Crippen molar-refractivity contribution in [3.63, 3.8) is 0 Å². The minimum Gasteiger partial charge on any atom is -0.366 e. The van der Waals surface area contributed by atoms with E-state index in [-0.39, 0.29) is 11.7 Å². The Morgan fingerprint density at radius 2 is 1.93 bits per heavy atom. The highest BCUT2D eigenvalue weighted by Gasteiger charge is 2.17. The van der Waals surface area contributed by atoms with E-state index in [0.29, 0.717) is 39.5 Å². The van der Waals surface area contributed by atoms with E-state index >= 15 is 0 Å². The molecule has 0 saturated carbocycles. The average Bonchev–Trinajstić information content (AvgIpc) is 3.14. The van der Waals surface area contributed by atoms with Crippen LogP contribution in [0.1, 0.15) is 35.7 Å². The fraction of sp³-hybridized carbons (Fsp3) is 0.143. The van der Waals surface area contributed by atoms with Gasteiger partial charge in [0.1, 0.15) is 17.3 Å². The first-order valence-electron chi connectivity index (χ1n) is 9.10. The number of pyridine rings is 1. The zero-order chi connectivity index (χ0) is 20.5. The zero-order valence-corrected chi connectivity index (χ0v) is 15.9. The molecule has 0 radical (unpaired) electrons. The molecule has 3 heterocycles. The molecule has 0 fully saturated rings. The molecule has 4 rings (SSSR count). The Hall–Kier alpha value is -3.81. The molecule has 1 amide bonds.